The number of hydrogen-bond acceptors (Lipinski definition) is 0. The van der Waals surface area contributed by atoms with Gasteiger partial charge in [0.15, 0.2) is 0 Å². The summed E-state index contributed by atoms with van der Waals surface area (Å²) in [5.41, 5.74) is 1.30. The summed E-state index contributed by atoms with van der Waals surface area (Å²) >= 11 is 3.70. The summed E-state index contributed by atoms with van der Waals surface area (Å²) in [4.78, 5) is 0.386. The second kappa shape index (κ2) is 5.11. The number of halogens is 2. The molecule has 0 saturated heterocycles. The summed E-state index contributed by atoms with van der Waals surface area (Å²) in [5.74, 6) is -0.151. The van der Waals surface area contributed by atoms with Crippen LogP contribution in [0.15, 0.2) is 24.3 Å². The van der Waals surface area contributed by atoms with E-state index < -0.39 is 0 Å². The van der Waals surface area contributed by atoms with E-state index >= 15 is 0 Å². The fraction of sp³-hybridized carbons (Fsp3) is 0.538. The lowest BCUT2D eigenvalue weighted by Crippen LogP contribution is -2.25. The third-order valence-corrected chi connectivity index (χ3v) is 4.63. The largest absolute Gasteiger partial charge is 0.207 e. The first-order chi connectivity index (χ1) is 6.95. The highest BCUT2D eigenvalue weighted by Gasteiger charge is 2.25. The van der Waals surface area contributed by atoms with Crippen molar-refractivity contribution in [2.24, 2.45) is 5.41 Å². The maximum absolute atomic E-state index is 13.0. The summed E-state index contributed by atoms with van der Waals surface area (Å²) in [7, 11) is 0. The molecule has 0 radical (unpaired) electrons. The Bertz CT molecular complexity index is 320. The van der Waals surface area contributed by atoms with Crippen LogP contribution in [0.2, 0.25) is 0 Å². The van der Waals surface area contributed by atoms with E-state index in [1.807, 2.05) is 6.07 Å². The molecule has 2 heteroatoms. The van der Waals surface area contributed by atoms with Crippen molar-refractivity contribution in [2.45, 2.75) is 38.4 Å². The van der Waals surface area contributed by atoms with Crippen molar-refractivity contribution in [3.8, 4) is 0 Å². The first kappa shape index (κ1) is 12.7. The number of rotatable bonds is 4. The van der Waals surface area contributed by atoms with Crippen LogP contribution in [-0.4, -0.2) is 4.83 Å². The van der Waals surface area contributed by atoms with E-state index in [1.54, 1.807) is 12.1 Å². The molecular weight excluding hydrogens is 255 g/mol. The van der Waals surface area contributed by atoms with Crippen LogP contribution in [0.25, 0.3) is 0 Å². The predicted octanol–water partition coefficient (Wildman–Crippen LogP) is 4.57. The summed E-state index contributed by atoms with van der Waals surface area (Å²) in [6.45, 7) is 6.64. The minimum atomic E-state index is -0.151. The van der Waals surface area contributed by atoms with Gasteiger partial charge in [0.25, 0.3) is 0 Å². The van der Waals surface area contributed by atoms with Gasteiger partial charge in [0.05, 0.1) is 0 Å². The van der Waals surface area contributed by atoms with Crippen LogP contribution in [0.4, 0.5) is 4.39 Å². The third-order valence-electron chi connectivity index (χ3n) is 3.06. The van der Waals surface area contributed by atoms with Crippen LogP contribution < -0.4 is 0 Å². The molecule has 84 valence electrons. The second-order valence-electron chi connectivity index (χ2n) is 4.64. The molecule has 0 bridgehead atoms. The lowest BCUT2D eigenvalue weighted by molar-refractivity contribution is 0.339. The van der Waals surface area contributed by atoms with E-state index in [1.165, 1.54) is 6.07 Å². The van der Waals surface area contributed by atoms with Gasteiger partial charge in [-0.15, -0.1) is 0 Å². The first-order valence-corrected chi connectivity index (χ1v) is 6.26. The van der Waals surface area contributed by atoms with Crippen LogP contribution in [0.5, 0.6) is 0 Å². The molecule has 0 spiro atoms. The highest BCUT2D eigenvalue weighted by molar-refractivity contribution is 9.09. The molecule has 15 heavy (non-hydrogen) atoms. The van der Waals surface area contributed by atoms with Gasteiger partial charge in [0.1, 0.15) is 5.82 Å². The Labute approximate surface area is 100 Å². The molecule has 0 aliphatic carbocycles. The van der Waals surface area contributed by atoms with E-state index in [-0.39, 0.29) is 11.2 Å². The first-order valence-electron chi connectivity index (χ1n) is 5.34. The van der Waals surface area contributed by atoms with Gasteiger partial charge in [0, 0.05) is 4.83 Å². The van der Waals surface area contributed by atoms with Gasteiger partial charge in [0.2, 0.25) is 0 Å². The van der Waals surface area contributed by atoms with Crippen LogP contribution in [0.1, 0.15) is 32.8 Å². The van der Waals surface area contributed by atoms with Crippen LogP contribution in [0.3, 0.4) is 0 Å². The zero-order valence-corrected chi connectivity index (χ0v) is 11.1. The molecule has 0 saturated carbocycles. The quantitative estimate of drug-likeness (QED) is 0.705. The highest BCUT2D eigenvalue weighted by atomic mass is 79.9. The SMILES string of the molecule is CCC(C)(C)C(Br)Cc1cccc(F)c1. The predicted molar refractivity (Wildman–Crippen MR) is 66.9 cm³/mol. The van der Waals surface area contributed by atoms with Gasteiger partial charge in [-0.1, -0.05) is 48.8 Å². The van der Waals surface area contributed by atoms with E-state index in [0.29, 0.717) is 4.83 Å². The standard InChI is InChI=1S/C13H18BrF/c1-4-13(2,3)12(14)9-10-6-5-7-11(15)8-10/h5-8,12H,4,9H2,1-3H3. The lowest BCUT2D eigenvalue weighted by atomic mass is 9.84. The molecule has 0 N–H and O–H groups in total. The minimum Gasteiger partial charge on any atom is -0.207 e. The molecule has 1 unspecified atom stereocenters. The Hall–Kier alpha value is -0.370. The van der Waals surface area contributed by atoms with Crippen LogP contribution in [-0.2, 0) is 6.42 Å². The monoisotopic (exact) mass is 272 g/mol. The number of alkyl halides is 1. The molecule has 0 aromatic heterocycles. The molecule has 0 nitrogen and oxygen atoms in total. The summed E-state index contributed by atoms with van der Waals surface area (Å²) < 4.78 is 13.0. The van der Waals surface area contributed by atoms with Crippen molar-refractivity contribution in [1.29, 1.82) is 0 Å². The average Bonchev–Trinajstić information content (AvgIpc) is 2.17. The van der Waals surface area contributed by atoms with Crippen LogP contribution in [0, 0.1) is 11.2 Å². The zero-order chi connectivity index (χ0) is 11.5. The van der Waals surface area contributed by atoms with E-state index in [0.717, 1.165) is 18.4 Å². The average molecular weight is 273 g/mol. The van der Waals surface area contributed by atoms with Gasteiger partial charge < -0.3 is 0 Å². The van der Waals surface area contributed by atoms with Crippen molar-refractivity contribution in [3.63, 3.8) is 0 Å². The second-order valence-corrected chi connectivity index (χ2v) is 5.75. The van der Waals surface area contributed by atoms with Crippen molar-refractivity contribution in [3.05, 3.63) is 35.6 Å². The Morgan fingerprint density at radius 3 is 2.60 bits per heavy atom. The molecular formula is C13H18BrF. The molecule has 0 amide bonds. The van der Waals surface area contributed by atoms with Crippen molar-refractivity contribution >= 4 is 15.9 Å². The van der Waals surface area contributed by atoms with E-state index in [9.17, 15) is 4.39 Å². The Morgan fingerprint density at radius 2 is 2.07 bits per heavy atom. The molecule has 1 atom stereocenters. The van der Waals surface area contributed by atoms with E-state index in [4.69, 9.17) is 0 Å². The van der Waals surface area contributed by atoms with Gasteiger partial charge in [-0.05, 0) is 36.0 Å². The molecule has 0 heterocycles. The zero-order valence-electron chi connectivity index (χ0n) is 9.56. The van der Waals surface area contributed by atoms with Crippen LogP contribution >= 0.6 is 15.9 Å². The maximum Gasteiger partial charge on any atom is 0.123 e. The van der Waals surface area contributed by atoms with Crippen molar-refractivity contribution in [2.75, 3.05) is 0 Å². The molecule has 0 aliphatic rings. The lowest BCUT2D eigenvalue weighted by Gasteiger charge is -2.29. The van der Waals surface area contributed by atoms with E-state index in [2.05, 4.69) is 36.7 Å². The minimum absolute atomic E-state index is 0.151. The molecule has 0 fully saturated rings. The molecule has 1 aromatic carbocycles. The normalized spacial score (nSPS) is 13.9. The third kappa shape index (κ3) is 3.60. The van der Waals surface area contributed by atoms with Crippen molar-refractivity contribution in [1.82, 2.24) is 0 Å². The number of hydrogen-bond donors (Lipinski definition) is 0. The van der Waals surface area contributed by atoms with Gasteiger partial charge >= 0.3 is 0 Å². The Morgan fingerprint density at radius 1 is 1.40 bits per heavy atom. The molecule has 1 aromatic rings. The smallest absolute Gasteiger partial charge is 0.123 e. The summed E-state index contributed by atoms with van der Waals surface area (Å²) in [6.07, 6.45) is 1.98. The van der Waals surface area contributed by atoms with Gasteiger partial charge in [-0.3, -0.25) is 0 Å². The number of benzene rings is 1. The van der Waals surface area contributed by atoms with Gasteiger partial charge in [-0.25, -0.2) is 4.39 Å². The maximum atomic E-state index is 13.0. The fourth-order valence-electron chi connectivity index (χ4n) is 1.37. The topological polar surface area (TPSA) is 0 Å². The van der Waals surface area contributed by atoms with Crippen molar-refractivity contribution < 1.29 is 4.39 Å². The summed E-state index contributed by atoms with van der Waals surface area (Å²) in [5, 5.41) is 0. The summed E-state index contributed by atoms with van der Waals surface area (Å²) in [6, 6.07) is 6.84. The fourth-order valence-corrected chi connectivity index (χ4v) is 2.07. The highest BCUT2D eigenvalue weighted by Crippen LogP contribution is 2.32. The Kier molecular flexibility index (Phi) is 4.32. The molecule has 1 rings (SSSR count). The Balaban J connectivity index is 2.70. The molecule has 0 aliphatic heterocycles. The van der Waals surface area contributed by atoms with Gasteiger partial charge in [-0.2, -0.15) is 0 Å².